The molecule has 86 valence electrons. The predicted molar refractivity (Wildman–Crippen MR) is 64.8 cm³/mol. The van der Waals surface area contributed by atoms with Crippen molar-refractivity contribution in [2.75, 3.05) is 0 Å². The van der Waals surface area contributed by atoms with Crippen molar-refractivity contribution in [1.82, 2.24) is 0 Å². The number of nitrogens with two attached hydrogens (primary N) is 1. The third-order valence-electron chi connectivity index (χ3n) is 2.51. The molecule has 1 nitrogen and oxygen atoms in total. The summed E-state index contributed by atoms with van der Waals surface area (Å²) in [6, 6.07) is 4.65. The smallest absolute Gasteiger partial charge is 0.123 e. The van der Waals surface area contributed by atoms with Gasteiger partial charge >= 0.3 is 0 Å². The molecule has 0 aliphatic rings. The normalized spacial score (nSPS) is 13.2. The molecule has 0 aliphatic carbocycles. The monoisotopic (exact) mass is 231 g/mol. The van der Waals surface area contributed by atoms with Crippen LogP contribution in [-0.4, -0.2) is 0 Å². The number of hydrogen-bond acceptors (Lipinski definition) is 1. The van der Waals surface area contributed by atoms with E-state index in [1.807, 2.05) is 6.92 Å². The molecule has 0 saturated heterocycles. The first-order valence-corrected chi connectivity index (χ1v) is 4.84. The van der Waals surface area contributed by atoms with Crippen molar-refractivity contribution in [3.05, 3.63) is 35.1 Å². The van der Waals surface area contributed by atoms with Crippen LogP contribution in [0, 0.1) is 18.2 Å². The van der Waals surface area contributed by atoms with Gasteiger partial charge < -0.3 is 5.73 Å². The molecule has 1 atom stereocenters. The second-order valence-corrected chi connectivity index (χ2v) is 4.84. The summed E-state index contributed by atoms with van der Waals surface area (Å²) in [7, 11) is 0. The molecule has 0 amide bonds. The first-order chi connectivity index (χ1) is 6.32. The Bertz CT molecular complexity index is 331. The topological polar surface area (TPSA) is 26.0 Å². The van der Waals surface area contributed by atoms with E-state index < -0.39 is 0 Å². The molecule has 3 heteroatoms. The summed E-state index contributed by atoms with van der Waals surface area (Å²) in [5.74, 6) is -0.217. The predicted octanol–water partition coefficient (Wildman–Crippen LogP) is 3.60. The molecule has 0 unspecified atom stereocenters. The lowest BCUT2D eigenvalue weighted by molar-refractivity contribution is 0.325. The SMILES string of the molecule is Cc1ccc(F)cc1[C@@H](N)C(C)(C)C.Cl. The quantitative estimate of drug-likeness (QED) is 0.785. The minimum absolute atomic E-state index is 0. The number of rotatable bonds is 1. The summed E-state index contributed by atoms with van der Waals surface area (Å²) >= 11 is 0. The summed E-state index contributed by atoms with van der Waals surface area (Å²) in [5.41, 5.74) is 7.98. The van der Waals surface area contributed by atoms with Crippen LogP contribution in [0.3, 0.4) is 0 Å². The fraction of sp³-hybridized carbons (Fsp3) is 0.500. The average Bonchev–Trinajstić information content (AvgIpc) is 2.06. The largest absolute Gasteiger partial charge is 0.324 e. The molecule has 0 spiro atoms. The van der Waals surface area contributed by atoms with E-state index in [1.165, 1.54) is 12.1 Å². The molecule has 0 saturated carbocycles. The maximum Gasteiger partial charge on any atom is 0.123 e. The molecule has 0 aliphatic heterocycles. The maximum absolute atomic E-state index is 13.0. The van der Waals surface area contributed by atoms with E-state index >= 15 is 0 Å². The molecule has 1 aromatic carbocycles. The molecule has 0 bridgehead atoms. The van der Waals surface area contributed by atoms with Crippen LogP contribution in [0.2, 0.25) is 0 Å². The van der Waals surface area contributed by atoms with Crippen molar-refractivity contribution in [1.29, 1.82) is 0 Å². The van der Waals surface area contributed by atoms with E-state index in [0.717, 1.165) is 11.1 Å². The number of halogens is 2. The van der Waals surface area contributed by atoms with Crippen LogP contribution in [0.4, 0.5) is 4.39 Å². The van der Waals surface area contributed by atoms with Gasteiger partial charge in [0.25, 0.3) is 0 Å². The Hall–Kier alpha value is -0.600. The summed E-state index contributed by atoms with van der Waals surface area (Å²) in [6.07, 6.45) is 0. The molecular weight excluding hydrogens is 213 g/mol. The van der Waals surface area contributed by atoms with E-state index in [-0.39, 0.29) is 29.7 Å². The molecular formula is C12H19ClFN. The third-order valence-corrected chi connectivity index (χ3v) is 2.51. The van der Waals surface area contributed by atoms with E-state index in [4.69, 9.17) is 5.73 Å². The Labute approximate surface area is 97.3 Å². The van der Waals surface area contributed by atoms with Gasteiger partial charge in [-0.3, -0.25) is 0 Å². The second kappa shape index (κ2) is 4.95. The first-order valence-electron chi connectivity index (χ1n) is 4.84. The van der Waals surface area contributed by atoms with Gasteiger partial charge in [-0.2, -0.15) is 0 Å². The Morgan fingerprint density at radius 1 is 1.27 bits per heavy atom. The summed E-state index contributed by atoms with van der Waals surface area (Å²) in [6.45, 7) is 8.13. The van der Waals surface area contributed by atoms with Crippen LogP contribution in [0.25, 0.3) is 0 Å². The van der Waals surface area contributed by atoms with Crippen LogP contribution in [0.5, 0.6) is 0 Å². The second-order valence-electron chi connectivity index (χ2n) is 4.84. The minimum Gasteiger partial charge on any atom is -0.324 e. The van der Waals surface area contributed by atoms with Gasteiger partial charge in [-0.25, -0.2) is 4.39 Å². The number of aryl methyl sites for hydroxylation is 1. The van der Waals surface area contributed by atoms with Crippen LogP contribution in [0.15, 0.2) is 18.2 Å². The minimum atomic E-state index is -0.217. The van der Waals surface area contributed by atoms with Gasteiger partial charge in [-0.05, 0) is 35.6 Å². The highest BCUT2D eigenvalue weighted by molar-refractivity contribution is 5.85. The molecule has 0 aromatic heterocycles. The first kappa shape index (κ1) is 14.4. The van der Waals surface area contributed by atoms with Crippen LogP contribution >= 0.6 is 12.4 Å². The lowest BCUT2D eigenvalue weighted by atomic mass is 9.81. The highest BCUT2D eigenvalue weighted by Gasteiger charge is 2.23. The van der Waals surface area contributed by atoms with Crippen molar-refractivity contribution in [2.24, 2.45) is 11.1 Å². The lowest BCUT2D eigenvalue weighted by Gasteiger charge is -2.28. The molecule has 2 N–H and O–H groups in total. The van der Waals surface area contributed by atoms with Gasteiger partial charge in [0.1, 0.15) is 5.82 Å². The molecule has 0 fully saturated rings. The molecule has 0 heterocycles. The lowest BCUT2D eigenvalue weighted by Crippen LogP contribution is -2.27. The molecule has 0 radical (unpaired) electrons. The number of benzene rings is 1. The van der Waals surface area contributed by atoms with Gasteiger partial charge in [0.2, 0.25) is 0 Å². The third kappa shape index (κ3) is 3.47. The van der Waals surface area contributed by atoms with E-state index in [9.17, 15) is 4.39 Å². The summed E-state index contributed by atoms with van der Waals surface area (Å²) in [5, 5.41) is 0. The van der Waals surface area contributed by atoms with Crippen molar-refractivity contribution < 1.29 is 4.39 Å². The standard InChI is InChI=1S/C12H18FN.ClH/c1-8-5-6-9(13)7-10(8)11(14)12(2,3)4;/h5-7,11H,14H2,1-4H3;1H/t11-;/m1./s1. The maximum atomic E-state index is 13.0. The zero-order valence-electron chi connectivity index (χ0n) is 9.67. The van der Waals surface area contributed by atoms with Crippen LogP contribution < -0.4 is 5.73 Å². The molecule has 1 rings (SSSR count). The van der Waals surface area contributed by atoms with Crippen molar-refractivity contribution >= 4 is 12.4 Å². The van der Waals surface area contributed by atoms with E-state index in [1.54, 1.807) is 6.07 Å². The Morgan fingerprint density at radius 3 is 2.27 bits per heavy atom. The van der Waals surface area contributed by atoms with Crippen LogP contribution in [-0.2, 0) is 0 Å². The van der Waals surface area contributed by atoms with Crippen LogP contribution in [0.1, 0.15) is 37.9 Å². The van der Waals surface area contributed by atoms with E-state index in [2.05, 4.69) is 20.8 Å². The van der Waals surface area contributed by atoms with Gasteiger partial charge in [-0.1, -0.05) is 26.8 Å². The van der Waals surface area contributed by atoms with Gasteiger partial charge in [0, 0.05) is 6.04 Å². The Morgan fingerprint density at radius 2 is 1.80 bits per heavy atom. The summed E-state index contributed by atoms with van der Waals surface area (Å²) < 4.78 is 13.0. The van der Waals surface area contributed by atoms with Crippen molar-refractivity contribution in [3.63, 3.8) is 0 Å². The average molecular weight is 232 g/mol. The number of hydrogen-bond donors (Lipinski definition) is 1. The van der Waals surface area contributed by atoms with Gasteiger partial charge in [0.15, 0.2) is 0 Å². The summed E-state index contributed by atoms with van der Waals surface area (Å²) in [4.78, 5) is 0. The van der Waals surface area contributed by atoms with Gasteiger partial charge in [0.05, 0.1) is 0 Å². The zero-order valence-corrected chi connectivity index (χ0v) is 10.5. The Kier molecular flexibility index (Phi) is 4.75. The fourth-order valence-corrected chi connectivity index (χ4v) is 1.41. The van der Waals surface area contributed by atoms with E-state index in [0.29, 0.717) is 0 Å². The van der Waals surface area contributed by atoms with Crippen molar-refractivity contribution in [2.45, 2.75) is 33.7 Å². The van der Waals surface area contributed by atoms with Gasteiger partial charge in [-0.15, -0.1) is 12.4 Å². The Balaban J connectivity index is 0.00000196. The van der Waals surface area contributed by atoms with Crippen molar-refractivity contribution in [3.8, 4) is 0 Å². The molecule has 15 heavy (non-hydrogen) atoms. The molecule has 1 aromatic rings. The fourth-order valence-electron chi connectivity index (χ4n) is 1.41. The highest BCUT2D eigenvalue weighted by atomic mass is 35.5. The highest BCUT2D eigenvalue weighted by Crippen LogP contribution is 2.32. The zero-order chi connectivity index (χ0) is 10.9.